The molecule has 18 heavy (non-hydrogen) atoms. The van der Waals surface area contributed by atoms with Gasteiger partial charge in [-0.15, -0.1) is 29.5 Å². The summed E-state index contributed by atoms with van der Waals surface area (Å²) < 4.78 is 0. The van der Waals surface area contributed by atoms with E-state index in [-0.39, 0.29) is 0 Å². The molecule has 1 N–H and O–H groups in total. The molecule has 0 atom stereocenters. The zero-order valence-electron chi connectivity index (χ0n) is 11.1. The Bertz CT molecular complexity index is 367. The van der Waals surface area contributed by atoms with Gasteiger partial charge in [0.1, 0.15) is 0 Å². The van der Waals surface area contributed by atoms with E-state index in [1.807, 2.05) is 6.20 Å². The van der Waals surface area contributed by atoms with Gasteiger partial charge in [0.15, 0.2) is 5.13 Å². The summed E-state index contributed by atoms with van der Waals surface area (Å²) in [5.41, 5.74) is 0. The minimum absolute atomic E-state index is 0.800. The molecule has 0 saturated carbocycles. The third kappa shape index (κ3) is 5.30. The Balaban J connectivity index is 2.25. The van der Waals surface area contributed by atoms with Gasteiger partial charge in [0.25, 0.3) is 0 Å². The van der Waals surface area contributed by atoms with Gasteiger partial charge in [-0.3, -0.25) is 0 Å². The van der Waals surface area contributed by atoms with E-state index in [4.69, 9.17) is 6.42 Å². The van der Waals surface area contributed by atoms with Gasteiger partial charge in [-0.25, -0.2) is 4.98 Å². The summed E-state index contributed by atoms with van der Waals surface area (Å²) >= 11 is 3.56. The van der Waals surface area contributed by atoms with E-state index in [1.165, 1.54) is 4.88 Å². The van der Waals surface area contributed by atoms with Crippen molar-refractivity contribution in [3.63, 3.8) is 0 Å². The highest BCUT2D eigenvalue weighted by Crippen LogP contribution is 2.21. The predicted molar refractivity (Wildman–Crippen MR) is 83.5 cm³/mol. The van der Waals surface area contributed by atoms with Crippen LogP contribution in [0.2, 0.25) is 0 Å². The second kappa shape index (κ2) is 9.26. The van der Waals surface area contributed by atoms with Crippen LogP contribution in [-0.4, -0.2) is 36.1 Å². The van der Waals surface area contributed by atoms with Crippen LogP contribution in [0.4, 0.5) is 5.13 Å². The minimum Gasteiger partial charge on any atom is -0.349 e. The van der Waals surface area contributed by atoms with Crippen molar-refractivity contribution >= 4 is 28.2 Å². The van der Waals surface area contributed by atoms with E-state index in [1.54, 1.807) is 23.1 Å². The quantitative estimate of drug-likeness (QED) is 0.556. The Morgan fingerprint density at radius 1 is 1.50 bits per heavy atom. The minimum atomic E-state index is 0.800. The van der Waals surface area contributed by atoms with Gasteiger partial charge < -0.3 is 10.2 Å². The lowest BCUT2D eigenvalue weighted by Crippen LogP contribution is -2.21. The van der Waals surface area contributed by atoms with Crippen LogP contribution in [0, 0.1) is 12.3 Å². The number of nitrogens with one attached hydrogen (secondary N) is 1. The molecule has 0 aliphatic heterocycles. The monoisotopic (exact) mass is 283 g/mol. The first kappa shape index (κ1) is 15.4. The van der Waals surface area contributed by atoms with Crippen LogP contribution in [0.1, 0.15) is 18.7 Å². The average molecular weight is 283 g/mol. The lowest BCUT2D eigenvalue weighted by molar-refractivity contribution is 0.740. The van der Waals surface area contributed by atoms with Crippen molar-refractivity contribution < 1.29 is 0 Å². The van der Waals surface area contributed by atoms with Crippen molar-refractivity contribution in [3.05, 3.63) is 11.1 Å². The summed E-state index contributed by atoms with van der Waals surface area (Å²) in [6, 6.07) is 0. The third-order valence-electron chi connectivity index (χ3n) is 2.48. The maximum atomic E-state index is 5.19. The number of thioether (sulfide) groups is 1. The Labute approximate surface area is 118 Å². The SMILES string of the molecule is C#CCSCCNCc1cnc(N(CC)CC)s1. The van der Waals surface area contributed by atoms with Crippen molar-refractivity contribution in [2.75, 3.05) is 36.0 Å². The summed E-state index contributed by atoms with van der Waals surface area (Å²) in [5, 5.41) is 4.53. The Morgan fingerprint density at radius 2 is 2.28 bits per heavy atom. The lowest BCUT2D eigenvalue weighted by atomic mass is 10.5. The first-order valence-electron chi connectivity index (χ1n) is 6.23. The zero-order valence-corrected chi connectivity index (χ0v) is 12.7. The second-order valence-electron chi connectivity index (χ2n) is 3.71. The molecule has 1 aromatic heterocycles. The number of thiazole rings is 1. The van der Waals surface area contributed by atoms with Crippen molar-refractivity contribution in [2.24, 2.45) is 0 Å². The molecule has 3 nitrogen and oxygen atoms in total. The predicted octanol–water partition coefficient (Wildman–Crippen LogP) is 2.45. The molecular formula is C13H21N3S2. The van der Waals surface area contributed by atoms with E-state index >= 15 is 0 Å². The van der Waals surface area contributed by atoms with Gasteiger partial charge >= 0.3 is 0 Å². The van der Waals surface area contributed by atoms with Crippen LogP contribution < -0.4 is 10.2 Å². The Morgan fingerprint density at radius 3 is 2.94 bits per heavy atom. The Hall–Kier alpha value is -0.700. The van der Waals surface area contributed by atoms with Gasteiger partial charge in [0.05, 0.1) is 5.75 Å². The molecule has 0 aromatic carbocycles. The van der Waals surface area contributed by atoms with Crippen LogP contribution in [0.3, 0.4) is 0 Å². The standard InChI is InChI=1S/C13H21N3S2/c1-4-8-17-9-7-14-10-12-11-15-13(18-12)16(5-2)6-3/h1,11,14H,5-10H2,2-3H3. The number of aromatic nitrogens is 1. The van der Waals surface area contributed by atoms with E-state index in [2.05, 4.69) is 35.0 Å². The van der Waals surface area contributed by atoms with Crippen molar-refractivity contribution in [3.8, 4) is 12.3 Å². The fraction of sp³-hybridized carbons (Fsp3) is 0.615. The van der Waals surface area contributed by atoms with Gasteiger partial charge in [0.2, 0.25) is 0 Å². The molecule has 0 aliphatic carbocycles. The molecule has 100 valence electrons. The third-order valence-corrected chi connectivity index (χ3v) is 4.40. The molecule has 0 saturated heterocycles. The van der Waals surface area contributed by atoms with Gasteiger partial charge in [0, 0.05) is 43.0 Å². The van der Waals surface area contributed by atoms with E-state index in [0.717, 1.165) is 42.8 Å². The summed E-state index contributed by atoms with van der Waals surface area (Å²) in [6.07, 6.45) is 7.16. The number of rotatable bonds is 9. The molecular weight excluding hydrogens is 262 g/mol. The highest BCUT2D eigenvalue weighted by Gasteiger charge is 2.06. The largest absolute Gasteiger partial charge is 0.349 e. The first-order valence-corrected chi connectivity index (χ1v) is 8.20. The van der Waals surface area contributed by atoms with E-state index < -0.39 is 0 Å². The molecule has 5 heteroatoms. The first-order chi connectivity index (χ1) is 8.81. The maximum Gasteiger partial charge on any atom is 0.185 e. The molecule has 1 rings (SSSR count). The molecule has 0 bridgehead atoms. The molecule has 0 fully saturated rings. The van der Waals surface area contributed by atoms with Crippen molar-refractivity contribution in [1.82, 2.24) is 10.3 Å². The topological polar surface area (TPSA) is 28.2 Å². The summed E-state index contributed by atoms with van der Waals surface area (Å²) in [7, 11) is 0. The number of hydrogen-bond acceptors (Lipinski definition) is 5. The lowest BCUT2D eigenvalue weighted by Gasteiger charge is -2.16. The summed E-state index contributed by atoms with van der Waals surface area (Å²) in [5.74, 6) is 4.49. The highest BCUT2D eigenvalue weighted by atomic mass is 32.2. The molecule has 0 aliphatic rings. The van der Waals surface area contributed by atoms with Gasteiger partial charge in [-0.1, -0.05) is 5.92 Å². The fourth-order valence-electron chi connectivity index (χ4n) is 1.51. The number of hydrogen-bond donors (Lipinski definition) is 1. The van der Waals surface area contributed by atoms with Crippen LogP contribution in [-0.2, 0) is 6.54 Å². The van der Waals surface area contributed by atoms with Crippen LogP contribution in [0.15, 0.2) is 6.20 Å². The normalized spacial score (nSPS) is 10.3. The van der Waals surface area contributed by atoms with Crippen LogP contribution in [0.25, 0.3) is 0 Å². The Kier molecular flexibility index (Phi) is 7.90. The highest BCUT2D eigenvalue weighted by molar-refractivity contribution is 7.99. The fourth-order valence-corrected chi connectivity index (χ4v) is 3.06. The molecule has 0 radical (unpaired) electrons. The molecule has 1 aromatic rings. The zero-order chi connectivity index (χ0) is 13.2. The second-order valence-corrected chi connectivity index (χ2v) is 5.91. The molecule has 0 spiro atoms. The molecule has 0 amide bonds. The maximum absolute atomic E-state index is 5.19. The molecule has 1 heterocycles. The van der Waals surface area contributed by atoms with Crippen molar-refractivity contribution in [1.29, 1.82) is 0 Å². The van der Waals surface area contributed by atoms with Gasteiger partial charge in [-0.2, -0.15) is 0 Å². The number of anilines is 1. The van der Waals surface area contributed by atoms with E-state index in [9.17, 15) is 0 Å². The average Bonchev–Trinajstić information content (AvgIpc) is 2.84. The van der Waals surface area contributed by atoms with E-state index in [0.29, 0.717) is 0 Å². The van der Waals surface area contributed by atoms with Crippen LogP contribution in [0.5, 0.6) is 0 Å². The van der Waals surface area contributed by atoms with Crippen LogP contribution >= 0.6 is 23.1 Å². The number of terminal acetylenes is 1. The summed E-state index contributed by atoms with van der Waals surface area (Å²) in [6.45, 7) is 8.23. The molecule has 0 unspecified atom stereocenters. The number of nitrogens with zero attached hydrogens (tertiary/aromatic N) is 2. The smallest absolute Gasteiger partial charge is 0.185 e. The van der Waals surface area contributed by atoms with Gasteiger partial charge in [-0.05, 0) is 13.8 Å². The summed E-state index contributed by atoms with van der Waals surface area (Å²) in [4.78, 5) is 8.02. The van der Waals surface area contributed by atoms with Crippen molar-refractivity contribution in [2.45, 2.75) is 20.4 Å².